The van der Waals surface area contributed by atoms with E-state index in [1.54, 1.807) is 6.07 Å². The summed E-state index contributed by atoms with van der Waals surface area (Å²) in [6.45, 7) is 3.16. The molecule has 0 saturated heterocycles. The monoisotopic (exact) mass is 269 g/mol. The van der Waals surface area contributed by atoms with Crippen LogP contribution < -0.4 is 10.6 Å². The lowest BCUT2D eigenvalue weighted by atomic mass is 10.1. The molecular weight excluding hydrogens is 253 g/mol. The molecule has 0 unspecified atom stereocenters. The first-order chi connectivity index (χ1) is 9.63. The van der Waals surface area contributed by atoms with Crippen molar-refractivity contribution < 1.29 is 4.39 Å². The van der Waals surface area contributed by atoms with Gasteiger partial charge in [-0.05, 0) is 49.4 Å². The Balaban J connectivity index is 2.26. The zero-order chi connectivity index (χ0) is 14.5. The topological polar surface area (TPSA) is 53.0 Å². The van der Waals surface area contributed by atoms with Crippen molar-refractivity contribution in [1.29, 1.82) is 5.26 Å². The molecule has 0 aliphatic carbocycles. The first-order valence-electron chi connectivity index (χ1n) is 6.43. The average molecular weight is 269 g/mol. The minimum absolute atomic E-state index is 0.294. The molecular formula is C16H16FN3. The average Bonchev–Trinajstić information content (AvgIpc) is 2.47. The van der Waals surface area contributed by atoms with Crippen LogP contribution in [0, 0.1) is 17.1 Å². The summed E-state index contributed by atoms with van der Waals surface area (Å²) < 4.78 is 13.8. The van der Waals surface area contributed by atoms with Crippen LogP contribution in [0.25, 0.3) is 0 Å². The zero-order valence-corrected chi connectivity index (χ0v) is 11.3. The van der Waals surface area contributed by atoms with Crippen LogP contribution in [0.1, 0.15) is 18.1 Å². The lowest BCUT2D eigenvalue weighted by Crippen LogP contribution is -2.22. The van der Waals surface area contributed by atoms with Gasteiger partial charge in [-0.15, -0.1) is 0 Å². The van der Waals surface area contributed by atoms with Crippen molar-refractivity contribution in [2.75, 3.05) is 17.2 Å². The van der Waals surface area contributed by atoms with E-state index in [-0.39, 0.29) is 5.82 Å². The molecule has 0 spiro atoms. The van der Waals surface area contributed by atoms with E-state index >= 15 is 0 Å². The number of anilines is 2. The molecule has 20 heavy (non-hydrogen) atoms. The van der Waals surface area contributed by atoms with Gasteiger partial charge in [0.1, 0.15) is 5.82 Å². The molecule has 0 amide bonds. The van der Waals surface area contributed by atoms with Crippen molar-refractivity contribution in [2.24, 2.45) is 0 Å². The molecule has 2 N–H and O–H groups in total. The van der Waals surface area contributed by atoms with Gasteiger partial charge in [-0.2, -0.15) is 5.26 Å². The molecule has 0 radical (unpaired) electrons. The van der Waals surface area contributed by atoms with Crippen LogP contribution in [0.3, 0.4) is 0 Å². The predicted octanol–water partition coefficient (Wildman–Crippen LogP) is 3.31. The van der Waals surface area contributed by atoms with Gasteiger partial charge in [-0.25, -0.2) is 4.39 Å². The molecule has 3 nitrogen and oxygen atoms in total. The molecule has 0 atom stereocenters. The number of hydrogen-bond donors (Lipinski definition) is 1. The Morgan fingerprint density at radius 1 is 1.20 bits per heavy atom. The van der Waals surface area contributed by atoms with Gasteiger partial charge in [0.15, 0.2) is 0 Å². The third kappa shape index (κ3) is 3.07. The van der Waals surface area contributed by atoms with E-state index in [1.807, 2.05) is 42.2 Å². The van der Waals surface area contributed by atoms with Crippen molar-refractivity contribution in [3.8, 4) is 6.07 Å². The number of nitrogens with zero attached hydrogens (tertiary/aromatic N) is 2. The van der Waals surface area contributed by atoms with Gasteiger partial charge >= 0.3 is 0 Å². The molecule has 4 heteroatoms. The van der Waals surface area contributed by atoms with Crippen LogP contribution in [0.5, 0.6) is 0 Å². The maximum atomic E-state index is 13.8. The number of rotatable bonds is 4. The summed E-state index contributed by atoms with van der Waals surface area (Å²) >= 11 is 0. The Labute approximate surface area is 118 Å². The van der Waals surface area contributed by atoms with Crippen LogP contribution in [0.2, 0.25) is 0 Å². The Hall–Kier alpha value is -2.54. The van der Waals surface area contributed by atoms with E-state index in [1.165, 1.54) is 12.1 Å². The molecule has 0 fully saturated rings. The van der Waals surface area contributed by atoms with Gasteiger partial charge in [0.25, 0.3) is 0 Å². The van der Waals surface area contributed by atoms with Gasteiger partial charge in [-0.3, -0.25) is 0 Å². The second-order valence-corrected chi connectivity index (χ2v) is 4.52. The predicted molar refractivity (Wildman–Crippen MR) is 78.7 cm³/mol. The van der Waals surface area contributed by atoms with E-state index in [0.29, 0.717) is 23.4 Å². The van der Waals surface area contributed by atoms with E-state index in [4.69, 9.17) is 11.0 Å². The van der Waals surface area contributed by atoms with E-state index in [9.17, 15) is 4.39 Å². The molecule has 0 aromatic heterocycles. The summed E-state index contributed by atoms with van der Waals surface area (Å²) in [6, 6.07) is 13.9. The summed E-state index contributed by atoms with van der Waals surface area (Å²) in [7, 11) is 0. The number of hydrogen-bond acceptors (Lipinski definition) is 3. The van der Waals surface area contributed by atoms with Crippen molar-refractivity contribution in [3.05, 3.63) is 59.4 Å². The molecule has 0 heterocycles. The molecule has 2 aromatic rings. The third-order valence-corrected chi connectivity index (χ3v) is 3.18. The van der Waals surface area contributed by atoms with E-state index in [0.717, 1.165) is 12.2 Å². The van der Waals surface area contributed by atoms with Gasteiger partial charge in [0.05, 0.1) is 11.6 Å². The normalized spacial score (nSPS) is 10.1. The number of nitrogens with two attached hydrogens (primary N) is 1. The molecule has 2 aromatic carbocycles. The van der Waals surface area contributed by atoms with Crippen molar-refractivity contribution in [1.82, 2.24) is 0 Å². The molecule has 0 saturated carbocycles. The van der Waals surface area contributed by atoms with Crippen LogP contribution in [-0.4, -0.2) is 6.54 Å². The highest BCUT2D eigenvalue weighted by Gasteiger charge is 2.10. The fourth-order valence-electron chi connectivity index (χ4n) is 2.04. The molecule has 102 valence electrons. The summed E-state index contributed by atoms with van der Waals surface area (Å²) in [5.41, 5.74) is 8.32. The van der Waals surface area contributed by atoms with Crippen molar-refractivity contribution in [3.63, 3.8) is 0 Å². The van der Waals surface area contributed by atoms with Gasteiger partial charge in [-0.1, -0.05) is 0 Å². The third-order valence-electron chi connectivity index (χ3n) is 3.18. The minimum atomic E-state index is -0.294. The Morgan fingerprint density at radius 2 is 1.90 bits per heavy atom. The van der Waals surface area contributed by atoms with Crippen molar-refractivity contribution >= 4 is 11.4 Å². The maximum Gasteiger partial charge on any atom is 0.128 e. The molecule has 0 aliphatic heterocycles. The van der Waals surface area contributed by atoms with Gasteiger partial charge in [0.2, 0.25) is 0 Å². The fourth-order valence-corrected chi connectivity index (χ4v) is 2.04. The van der Waals surface area contributed by atoms with E-state index < -0.39 is 0 Å². The lowest BCUT2D eigenvalue weighted by Gasteiger charge is -2.23. The van der Waals surface area contributed by atoms with Crippen molar-refractivity contribution in [2.45, 2.75) is 13.5 Å². The SMILES string of the molecule is CCN(Cc1cc(C#N)ccc1F)c1ccc(N)cc1. The van der Waals surface area contributed by atoms with Crippen LogP contribution in [0.15, 0.2) is 42.5 Å². The highest BCUT2D eigenvalue weighted by molar-refractivity contribution is 5.53. The fraction of sp³-hybridized carbons (Fsp3) is 0.188. The summed E-state index contributed by atoms with van der Waals surface area (Å²) in [5.74, 6) is -0.294. The smallest absolute Gasteiger partial charge is 0.128 e. The van der Waals surface area contributed by atoms with E-state index in [2.05, 4.69) is 0 Å². The first kappa shape index (κ1) is 13.9. The Bertz CT molecular complexity index is 629. The molecule has 2 rings (SSSR count). The largest absolute Gasteiger partial charge is 0.399 e. The number of benzene rings is 2. The highest BCUT2D eigenvalue weighted by Crippen LogP contribution is 2.20. The van der Waals surface area contributed by atoms with Crippen LogP contribution in [-0.2, 0) is 6.54 Å². The number of nitrogen functional groups attached to an aromatic ring is 1. The molecule has 0 aliphatic rings. The summed E-state index contributed by atoms with van der Waals surface area (Å²) in [5, 5.41) is 8.89. The lowest BCUT2D eigenvalue weighted by molar-refractivity contribution is 0.605. The standard InChI is InChI=1S/C16H16FN3/c1-2-20(15-6-4-14(19)5-7-15)11-13-9-12(10-18)3-8-16(13)17/h3-9H,2,11,19H2,1H3. The van der Waals surface area contributed by atoms with Crippen LogP contribution >= 0.6 is 0 Å². The minimum Gasteiger partial charge on any atom is -0.399 e. The zero-order valence-electron chi connectivity index (χ0n) is 11.3. The summed E-state index contributed by atoms with van der Waals surface area (Å²) in [6.07, 6.45) is 0. The Kier molecular flexibility index (Phi) is 4.21. The van der Waals surface area contributed by atoms with Crippen LogP contribution in [0.4, 0.5) is 15.8 Å². The number of halogens is 1. The van der Waals surface area contributed by atoms with Gasteiger partial charge in [0, 0.05) is 30.0 Å². The summed E-state index contributed by atoms with van der Waals surface area (Å²) in [4.78, 5) is 2.03. The maximum absolute atomic E-state index is 13.8. The van der Waals surface area contributed by atoms with Gasteiger partial charge < -0.3 is 10.6 Å². The second kappa shape index (κ2) is 6.07. The highest BCUT2D eigenvalue weighted by atomic mass is 19.1. The quantitative estimate of drug-likeness (QED) is 0.866. The second-order valence-electron chi connectivity index (χ2n) is 4.52. The molecule has 0 bridgehead atoms. The first-order valence-corrected chi connectivity index (χ1v) is 6.43. The number of nitriles is 1. The Morgan fingerprint density at radius 3 is 2.50 bits per heavy atom.